The molecule has 0 aromatic rings. The van der Waals surface area contributed by atoms with Crippen LogP contribution in [0, 0.1) is 11.8 Å². The third kappa shape index (κ3) is 4.18. The highest BCUT2D eigenvalue weighted by atomic mass is 16.5. The fourth-order valence-corrected chi connectivity index (χ4v) is 3.67. The fraction of sp³-hybridized carbons (Fsp3) is 0.933. The maximum Gasteiger partial charge on any atom is 0.306 e. The molecule has 0 aromatic heterocycles. The molecule has 110 valence electrons. The van der Waals surface area contributed by atoms with Crippen LogP contribution >= 0.6 is 0 Å². The third-order valence-corrected chi connectivity index (χ3v) is 4.59. The highest BCUT2D eigenvalue weighted by molar-refractivity contribution is 5.70. The number of aliphatic carboxylic acids is 1. The van der Waals surface area contributed by atoms with Crippen LogP contribution in [-0.4, -0.2) is 35.9 Å². The van der Waals surface area contributed by atoms with Crippen molar-refractivity contribution in [1.82, 2.24) is 5.32 Å². The number of nitrogens with one attached hydrogen (secondary N) is 1. The van der Waals surface area contributed by atoms with Crippen molar-refractivity contribution in [3.63, 3.8) is 0 Å². The van der Waals surface area contributed by atoms with E-state index in [2.05, 4.69) is 19.2 Å². The highest BCUT2D eigenvalue weighted by Crippen LogP contribution is 2.30. The first-order valence-corrected chi connectivity index (χ1v) is 7.68. The van der Waals surface area contributed by atoms with Gasteiger partial charge in [-0.25, -0.2) is 0 Å². The first-order chi connectivity index (χ1) is 9.06. The summed E-state index contributed by atoms with van der Waals surface area (Å²) in [7, 11) is 0. The van der Waals surface area contributed by atoms with E-state index in [9.17, 15) is 9.90 Å². The lowest BCUT2D eigenvalue weighted by atomic mass is 9.79. The number of hydrogen-bond donors (Lipinski definition) is 2. The molecule has 4 unspecified atom stereocenters. The standard InChI is InChI=1S/C15H27NO3/c1-10-7-13(8-11(2)19-10)16-9-12-5-3-4-6-14(12)15(17)18/h10-14,16H,3-9H2,1-2H3,(H,17,18). The van der Waals surface area contributed by atoms with Gasteiger partial charge in [0.05, 0.1) is 18.1 Å². The van der Waals surface area contributed by atoms with Gasteiger partial charge in [0.2, 0.25) is 0 Å². The van der Waals surface area contributed by atoms with E-state index in [0.29, 0.717) is 24.2 Å². The average molecular weight is 269 g/mol. The molecule has 0 aromatic carbocycles. The monoisotopic (exact) mass is 269 g/mol. The van der Waals surface area contributed by atoms with Crippen LogP contribution in [0.4, 0.5) is 0 Å². The fourth-order valence-electron chi connectivity index (χ4n) is 3.67. The molecule has 2 aliphatic rings. The minimum absolute atomic E-state index is 0.143. The summed E-state index contributed by atoms with van der Waals surface area (Å²) in [6.07, 6.45) is 6.84. The Morgan fingerprint density at radius 2 is 1.84 bits per heavy atom. The summed E-state index contributed by atoms with van der Waals surface area (Å²) in [5.74, 6) is -0.448. The van der Waals surface area contributed by atoms with Gasteiger partial charge < -0.3 is 15.2 Å². The molecule has 4 nitrogen and oxygen atoms in total. The van der Waals surface area contributed by atoms with E-state index in [4.69, 9.17) is 4.74 Å². The lowest BCUT2D eigenvalue weighted by Gasteiger charge is -2.35. The van der Waals surface area contributed by atoms with Crippen molar-refractivity contribution in [3.8, 4) is 0 Å². The number of hydrogen-bond acceptors (Lipinski definition) is 3. The average Bonchev–Trinajstić information content (AvgIpc) is 2.35. The summed E-state index contributed by atoms with van der Waals surface area (Å²) < 4.78 is 5.73. The Labute approximate surface area is 115 Å². The van der Waals surface area contributed by atoms with Crippen molar-refractivity contribution in [3.05, 3.63) is 0 Å². The molecule has 1 aliphatic heterocycles. The van der Waals surface area contributed by atoms with Gasteiger partial charge >= 0.3 is 5.97 Å². The lowest BCUT2D eigenvalue weighted by molar-refractivity contribution is -0.144. The molecule has 0 bridgehead atoms. The molecule has 1 saturated heterocycles. The number of carbonyl (C=O) groups is 1. The van der Waals surface area contributed by atoms with Crippen LogP contribution < -0.4 is 5.32 Å². The summed E-state index contributed by atoms with van der Waals surface area (Å²) in [6.45, 7) is 5.08. The maximum absolute atomic E-state index is 11.3. The Kier molecular flexibility index (Phi) is 5.22. The van der Waals surface area contributed by atoms with Gasteiger partial charge in [0.15, 0.2) is 0 Å². The van der Waals surface area contributed by atoms with Crippen LogP contribution in [-0.2, 0) is 9.53 Å². The number of carboxylic acids is 1. The molecule has 2 rings (SSSR count). The third-order valence-electron chi connectivity index (χ3n) is 4.59. The Morgan fingerprint density at radius 1 is 1.21 bits per heavy atom. The molecule has 2 N–H and O–H groups in total. The largest absolute Gasteiger partial charge is 0.481 e. The Morgan fingerprint density at radius 3 is 2.47 bits per heavy atom. The zero-order valence-electron chi connectivity index (χ0n) is 12.1. The van der Waals surface area contributed by atoms with E-state index >= 15 is 0 Å². The Hall–Kier alpha value is -0.610. The second-order valence-electron chi connectivity index (χ2n) is 6.32. The number of ether oxygens (including phenoxy) is 1. The molecule has 0 spiro atoms. The minimum Gasteiger partial charge on any atom is -0.481 e. The van der Waals surface area contributed by atoms with Gasteiger partial charge in [-0.15, -0.1) is 0 Å². The smallest absolute Gasteiger partial charge is 0.306 e. The predicted molar refractivity (Wildman–Crippen MR) is 74.1 cm³/mol. The first kappa shape index (κ1) is 14.8. The van der Waals surface area contributed by atoms with E-state index in [1.54, 1.807) is 0 Å². The molecule has 2 fully saturated rings. The van der Waals surface area contributed by atoms with Gasteiger partial charge in [-0.05, 0) is 52.0 Å². The van der Waals surface area contributed by atoms with Crippen molar-refractivity contribution in [2.75, 3.05) is 6.54 Å². The van der Waals surface area contributed by atoms with Crippen molar-refractivity contribution < 1.29 is 14.6 Å². The summed E-state index contributed by atoms with van der Waals surface area (Å²) >= 11 is 0. The van der Waals surface area contributed by atoms with Crippen molar-refractivity contribution in [2.24, 2.45) is 11.8 Å². The quantitative estimate of drug-likeness (QED) is 0.823. The second kappa shape index (κ2) is 6.71. The van der Waals surface area contributed by atoms with E-state index in [1.807, 2.05) is 0 Å². The molecule has 1 aliphatic carbocycles. The van der Waals surface area contributed by atoms with Crippen molar-refractivity contribution in [2.45, 2.75) is 70.6 Å². The zero-order chi connectivity index (χ0) is 13.8. The van der Waals surface area contributed by atoms with E-state index < -0.39 is 5.97 Å². The normalized spacial score (nSPS) is 40.0. The SMILES string of the molecule is CC1CC(NCC2CCCCC2C(=O)O)CC(C)O1. The molecule has 1 saturated carbocycles. The summed E-state index contributed by atoms with van der Waals surface area (Å²) in [4.78, 5) is 11.3. The zero-order valence-corrected chi connectivity index (χ0v) is 12.1. The summed E-state index contributed by atoms with van der Waals surface area (Å²) in [6, 6.07) is 0.482. The minimum atomic E-state index is -0.611. The van der Waals surface area contributed by atoms with Crippen LogP contribution in [0.5, 0.6) is 0 Å². The molecule has 0 amide bonds. The molecular formula is C15H27NO3. The summed E-state index contributed by atoms with van der Waals surface area (Å²) in [5, 5.41) is 12.9. The topological polar surface area (TPSA) is 58.6 Å². The van der Waals surface area contributed by atoms with Gasteiger partial charge in [-0.2, -0.15) is 0 Å². The molecule has 19 heavy (non-hydrogen) atoms. The highest BCUT2D eigenvalue weighted by Gasteiger charge is 2.32. The Bertz CT molecular complexity index is 298. The first-order valence-electron chi connectivity index (χ1n) is 7.68. The van der Waals surface area contributed by atoms with Gasteiger partial charge in [0.25, 0.3) is 0 Å². The lowest BCUT2D eigenvalue weighted by Crippen LogP contribution is -2.44. The molecule has 4 atom stereocenters. The molecule has 0 radical (unpaired) electrons. The molecule has 4 heteroatoms. The number of carboxylic acid groups (broad SMARTS) is 1. The predicted octanol–water partition coefficient (Wildman–Crippen LogP) is 2.42. The van der Waals surface area contributed by atoms with Crippen LogP contribution in [0.1, 0.15) is 52.4 Å². The van der Waals surface area contributed by atoms with E-state index in [1.165, 1.54) is 6.42 Å². The summed E-state index contributed by atoms with van der Waals surface area (Å²) in [5.41, 5.74) is 0. The maximum atomic E-state index is 11.3. The van der Waals surface area contributed by atoms with Gasteiger partial charge in [0, 0.05) is 6.04 Å². The van der Waals surface area contributed by atoms with Gasteiger partial charge in [-0.3, -0.25) is 4.79 Å². The second-order valence-corrected chi connectivity index (χ2v) is 6.32. The van der Waals surface area contributed by atoms with Crippen LogP contribution in [0.25, 0.3) is 0 Å². The van der Waals surface area contributed by atoms with E-state index in [-0.39, 0.29) is 5.92 Å². The molecular weight excluding hydrogens is 242 g/mol. The van der Waals surface area contributed by atoms with Crippen molar-refractivity contribution in [1.29, 1.82) is 0 Å². The van der Waals surface area contributed by atoms with Crippen LogP contribution in [0.2, 0.25) is 0 Å². The molecule has 1 heterocycles. The Balaban J connectivity index is 1.81. The van der Waals surface area contributed by atoms with E-state index in [0.717, 1.165) is 38.6 Å². The number of rotatable bonds is 4. The van der Waals surface area contributed by atoms with Crippen LogP contribution in [0.3, 0.4) is 0 Å². The van der Waals surface area contributed by atoms with Crippen LogP contribution in [0.15, 0.2) is 0 Å². The van der Waals surface area contributed by atoms with Gasteiger partial charge in [0.1, 0.15) is 0 Å². The van der Waals surface area contributed by atoms with Gasteiger partial charge in [-0.1, -0.05) is 12.8 Å². The van der Waals surface area contributed by atoms with Crippen molar-refractivity contribution >= 4 is 5.97 Å².